The zero-order valence-corrected chi connectivity index (χ0v) is 14.1. The molecule has 1 aliphatic rings. The first-order chi connectivity index (χ1) is 11.7. The maximum Gasteiger partial charge on any atom is 0.220 e. The number of rotatable bonds is 5. The summed E-state index contributed by atoms with van der Waals surface area (Å²) >= 11 is 0. The lowest BCUT2D eigenvalue weighted by atomic mass is 10.0. The Kier molecular flexibility index (Phi) is 5.41. The number of aryl methyl sites for hydroxylation is 2. The van der Waals surface area contributed by atoms with E-state index in [1.807, 2.05) is 43.5 Å². The predicted molar refractivity (Wildman–Crippen MR) is 94.9 cm³/mol. The summed E-state index contributed by atoms with van der Waals surface area (Å²) in [6.45, 7) is 3.83. The van der Waals surface area contributed by atoms with Crippen LogP contribution in [0.15, 0.2) is 42.7 Å². The maximum absolute atomic E-state index is 12.2. The molecular formula is C19H24N4O. The standard InChI is InChI=1S/C19H24N4O/c1-15-5-2-8-18(21-15)23-12-4-7-17(14-23)22-19(24)10-9-16-6-3-11-20-13-16/h2-3,5-6,8,11,13,17H,4,7,9-10,12,14H2,1H3,(H,22,24). The molecule has 1 amide bonds. The van der Waals surface area contributed by atoms with E-state index >= 15 is 0 Å². The molecule has 3 heterocycles. The van der Waals surface area contributed by atoms with E-state index in [0.717, 1.165) is 49.4 Å². The summed E-state index contributed by atoms with van der Waals surface area (Å²) in [6.07, 6.45) is 6.91. The molecule has 0 saturated carbocycles. The third kappa shape index (κ3) is 4.54. The Balaban J connectivity index is 1.50. The molecule has 3 rings (SSSR count). The number of piperidine rings is 1. The minimum Gasteiger partial charge on any atom is -0.355 e. The van der Waals surface area contributed by atoms with Crippen molar-refractivity contribution >= 4 is 11.7 Å². The van der Waals surface area contributed by atoms with Gasteiger partial charge in [0.25, 0.3) is 0 Å². The molecular weight excluding hydrogens is 300 g/mol. The van der Waals surface area contributed by atoms with Gasteiger partial charge in [-0.3, -0.25) is 9.78 Å². The third-order valence-electron chi connectivity index (χ3n) is 4.35. The lowest BCUT2D eigenvalue weighted by Crippen LogP contribution is -2.48. The molecule has 5 nitrogen and oxygen atoms in total. The summed E-state index contributed by atoms with van der Waals surface area (Å²) in [6, 6.07) is 10.2. The number of hydrogen-bond donors (Lipinski definition) is 1. The van der Waals surface area contributed by atoms with E-state index in [4.69, 9.17) is 0 Å². The van der Waals surface area contributed by atoms with Crippen LogP contribution < -0.4 is 10.2 Å². The number of anilines is 1. The van der Waals surface area contributed by atoms with Crippen molar-refractivity contribution in [3.8, 4) is 0 Å². The second-order valence-corrected chi connectivity index (χ2v) is 6.35. The summed E-state index contributed by atoms with van der Waals surface area (Å²) in [5.41, 5.74) is 2.12. The van der Waals surface area contributed by atoms with Crippen LogP contribution in [0, 0.1) is 6.92 Å². The van der Waals surface area contributed by atoms with Crippen molar-refractivity contribution in [2.24, 2.45) is 0 Å². The quantitative estimate of drug-likeness (QED) is 0.918. The first-order valence-electron chi connectivity index (χ1n) is 8.57. The van der Waals surface area contributed by atoms with Gasteiger partial charge in [-0.1, -0.05) is 12.1 Å². The number of amides is 1. The second-order valence-electron chi connectivity index (χ2n) is 6.35. The monoisotopic (exact) mass is 324 g/mol. The fourth-order valence-electron chi connectivity index (χ4n) is 3.11. The van der Waals surface area contributed by atoms with E-state index in [2.05, 4.69) is 20.2 Å². The van der Waals surface area contributed by atoms with E-state index in [0.29, 0.717) is 6.42 Å². The fraction of sp³-hybridized carbons (Fsp3) is 0.421. The molecule has 0 spiro atoms. The van der Waals surface area contributed by atoms with Gasteiger partial charge in [-0.05, 0) is 49.9 Å². The number of aromatic nitrogens is 2. The number of pyridine rings is 2. The molecule has 1 aliphatic heterocycles. The summed E-state index contributed by atoms with van der Waals surface area (Å²) in [5, 5.41) is 3.17. The van der Waals surface area contributed by atoms with E-state index in [-0.39, 0.29) is 11.9 Å². The highest BCUT2D eigenvalue weighted by Gasteiger charge is 2.22. The first-order valence-corrected chi connectivity index (χ1v) is 8.57. The lowest BCUT2D eigenvalue weighted by Gasteiger charge is -2.34. The zero-order valence-electron chi connectivity index (χ0n) is 14.1. The van der Waals surface area contributed by atoms with Gasteiger partial charge in [-0.2, -0.15) is 0 Å². The van der Waals surface area contributed by atoms with E-state index < -0.39 is 0 Å². The Hall–Kier alpha value is -2.43. The van der Waals surface area contributed by atoms with Gasteiger partial charge in [0, 0.05) is 43.6 Å². The predicted octanol–water partition coefficient (Wildman–Crippen LogP) is 2.50. The Morgan fingerprint density at radius 3 is 3.04 bits per heavy atom. The number of carbonyl (C=O) groups excluding carboxylic acids is 1. The number of nitrogens with zero attached hydrogens (tertiary/aromatic N) is 3. The second kappa shape index (κ2) is 7.90. The average Bonchev–Trinajstić information content (AvgIpc) is 2.61. The Labute approximate surface area is 143 Å². The van der Waals surface area contributed by atoms with Gasteiger partial charge in [0.15, 0.2) is 0 Å². The van der Waals surface area contributed by atoms with Crippen molar-refractivity contribution in [1.82, 2.24) is 15.3 Å². The molecule has 1 unspecified atom stereocenters. The molecule has 2 aromatic heterocycles. The summed E-state index contributed by atoms with van der Waals surface area (Å²) in [7, 11) is 0. The minimum absolute atomic E-state index is 0.114. The third-order valence-corrected chi connectivity index (χ3v) is 4.35. The minimum atomic E-state index is 0.114. The Morgan fingerprint density at radius 2 is 2.25 bits per heavy atom. The molecule has 2 aromatic rings. The average molecular weight is 324 g/mol. The molecule has 1 fully saturated rings. The van der Waals surface area contributed by atoms with Crippen LogP contribution in [0.25, 0.3) is 0 Å². The van der Waals surface area contributed by atoms with E-state index in [1.54, 1.807) is 6.20 Å². The van der Waals surface area contributed by atoms with Crippen molar-refractivity contribution in [2.75, 3.05) is 18.0 Å². The largest absolute Gasteiger partial charge is 0.355 e. The van der Waals surface area contributed by atoms with Crippen LogP contribution in [0.1, 0.15) is 30.5 Å². The zero-order chi connectivity index (χ0) is 16.8. The van der Waals surface area contributed by atoms with Crippen LogP contribution in [-0.4, -0.2) is 35.0 Å². The molecule has 126 valence electrons. The van der Waals surface area contributed by atoms with Crippen LogP contribution in [0.5, 0.6) is 0 Å². The van der Waals surface area contributed by atoms with Crippen molar-refractivity contribution in [3.05, 3.63) is 54.0 Å². The van der Waals surface area contributed by atoms with E-state index in [1.165, 1.54) is 0 Å². The van der Waals surface area contributed by atoms with Gasteiger partial charge in [0.1, 0.15) is 5.82 Å². The van der Waals surface area contributed by atoms with Crippen molar-refractivity contribution in [1.29, 1.82) is 0 Å². The van der Waals surface area contributed by atoms with Crippen LogP contribution in [-0.2, 0) is 11.2 Å². The highest BCUT2D eigenvalue weighted by atomic mass is 16.1. The first kappa shape index (κ1) is 16.4. The fourth-order valence-corrected chi connectivity index (χ4v) is 3.11. The number of hydrogen-bond acceptors (Lipinski definition) is 4. The highest BCUT2D eigenvalue weighted by molar-refractivity contribution is 5.76. The van der Waals surface area contributed by atoms with Crippen molar-refractivity contribution in [2.45, 2.75) is 38.6 Å². The van der Waals surface area contributed by atoms with Crippen LogP contribution in [0.4, 0.5) is 5.82 Å². The SMILES string of the molecule is Cc1cccc(N2CCCC(NC(=O)CCc3cccnc3)C2)n1. The van der Waals surface area contributed by atoms with E-state index in [9.17, 15) is 4.79 Å². The smallest absolute Gasteiger partial charge is 0.220 e. The number of nitrogens with one attached hydrogen (secondary N) is 1. The summed E-state index contributed by atoms with van der Waals surface area (Å²) in [5.74, 6) is 1.12. The van der Waals surface area contributed by atoms with Gasteiger partial charge in [0.2, 0.25) is 5.91 Å². The molecule has 1 atom stereocenters. The summed E-state index contributed by atoms with van der Waals surface area (Å²) in [4.78, 5) is 23.2. The van der Waals surface area contributed by atoms with Gasteiger partial charge in [0.05, 0.1) is 0 Å². The van der Waals surface area contributed by atoms with Crippen molar-refractivity contribution < 1.29 is 4.79 Å². The molecule has 0 aliphatic carbocycles. The topological polar surface area (TPSA) is 58.1 Å². The van der Waals surface area contributed by atoms with Crippen molar-refractivity contribution in [3.63, 3.8) is 0 Å². The molecule has 1 saturated heterocycles. The maximum atomic E-state index is 12.2. The highest BCUT2D eigenvalue weighted by Crippen LogP contribution is 2.18. The molecule has 0 radical (unpaired) electrons. The van der Waals surface area contributed by atoms with Gasteiger partial charge in [-0.25, -0.2) is 4.98 Å². The normalized spacial score (nSPS) is 17.5. The van der Waals surface area contributed by atoms with Crippen LogP contribution in [0.2, 0.25) is 0 Å². The van der Waals surface area contributed by atoms with Gasteiger partial charge < -0.3 is 10.2 Å². The Bertz CT molecular complexity index is 674. The van der Waals surface area contributed by atoms with Gasteiger partial charge >= 0.3 is 0 Å². The molecule has 24 heavy (non-hydrogen) atoms. The van der Waals surface area contributed by atoms with Crippen LogP contribution in [0.3, 0.4) is 0 Å². The molecule has 5 heteroatoms. The summed E-state index contributed by atoms with van der Waals surface area (Å²) < 4.78 is 0. The molecule has 0 aromatic carbocycles. The number of carbonyl (C=O) groups is 1. The van der Waals surface area contributed by atoms with Gasteiger partial charge in [-0.15, -0.1) is 0 Å². The molecule has 0 bridgehead atoms. The van der Waals surface area contributed by atoms with Crippen LogP contribution >= 0.6 is 0 Å². The Morgan fingerprint density at radius 1 is 1.33 bits per heavy atom. The molecule has 1 N–H and O–H groups in total. The lowest BCUT2D eigenvalue weighted by molar-refractivity contribution is -0.121.